The van der Waals surface area contributed by atoms with Crippen LogP contribution in [0.15, 0.2) is 72.8 Å². The number of hydrogen-bond donors (Lipinski definition) is 0. The largest absolute Gasteiger partial charge is 0.493 e. The average molecular weight is 434 g/mol. The average Bonchev–Trinajstić information content (AvgIpc) is 2.84. The molecular formula is C25H27N3O4. The van der Waals surface area contributed by atoms with Crippen LogP contribution < -0.4 is 14.4 Å². The summed E-state index contributed by atoms with van der Waals surface area (Å²) in [6.45, 7) is 3.29. The number of benzene rings is 3. The normalized spacial score (nSPS) is 16.6. The summed E-state index contributed by atoms with van der Waals surface area (Å²) in [5.41, 5.74) is 3.52. The zero-order chi connectivity index (χ0) is 22.5. The summed E-state index contributed by atoms with van der Waals surface area (Å²) in [4.78, 5) is 15.4. The van der Waals surface area contributed by atoms with Crippen LogP contribution in [0.4, 0.5) is 11.4 Å². The SMILES string of the molecule is COc1ccc(CN2CCN(c3ccc([N+](=O)[O-])cc3)CC2c2ccccc2)cc1OC. The van der Waals surface area contributed by atoms with Crippen LogP contribution in [-0.2, 0) is 6.54 Å². The van der Waals surface area contributed by atoms with E-state index in [1.54, 1.807) is 26.4 Å². The second-order valence-corrected chi connectivity index (χ2v) is 7.81. The molecular weight excluding hydrogens is 406 g/mol. The monoisotopic (exact) mass is 433 g/mol. The minimum atomic E-state index is -0.363. The molecule has 1 heterocycles. The number of non-ortho nitro benzene ring substituents is 1. The summed E-state index contributed by atoms with van der Waals surface area (Å²) in [5.74, 6) is 1.45. The lowest BCUT2D eigenvalue weighted by molar-refractivity contribution is -0.384. The molecule has 166 valence electrons. The van der Waals surface area contributed by atoms with Crippen molar-refractivity contribution in [3.63, 3.8) is 0 Å². The Morgan fingerprint density at radius 1 is 0.938 bits per heavy atom. The summed E-state index contributed by atoms with van der Waals surface area (Å²) in [6, 6.07) is 23.5. The molecule has 7 heteroatoms. The van der Waals surface area contributed by atoms with Gasteiger partial charge in [0, 0.05) is 44.0 Å². The van der Waals surface area contributed by atoms with E-state index >= 15 is 0 Å². The van der Waals surface area contributed by atoms with Gasteiger partial charge in [-0.15, -0.1) is 0 Å². The zero-order valence-electron chi connectivity index (χ0n) is 18.3. The Kier molecular flexibility index (Phi) is 6.56. The molecule has 0 amide bonds. The van der Waals surface area contributed by atoms with E-state index in [1.165, 1.54) is 5.56 Å². The molecule has 1 saturated heterocycles. The first-order valence-corrected chi connectivity index (χ1v) is 10.6. The highest BCUT2D eigenvalue weighted by Gasteiger charge is 2.29. The predicted molar refractivity (Wildman–Crippen MR) is 124 cm³/mol. The van der Waals surface area contributed by atoms with Crippen molar-refractivity contribution in [1.29, 1.82) is 0 Å². The minimum absolute atomic E-state index is 0.112. The van der Waals surface area contributed by atoms with Gasteiger partial charge in [0.15, 0.2) is 11.5 Å². The van der Waals surface area contributed by atoms with E-state index in [1.807, 2.05) is 30.3 Å². The molecule has 0 spiro atoms. The summed E-state index contributed by atoms with van der Waals surface area (Å²) in [6.07, 6.45) is 0. The minimum Gasteiger partial charge on any atom is -0.493 e. The fourth-order valence-electron chi connectivity index (χ4n) is 4.23. The van der Waals surface area contributed by atoms with Crippen LogP contribution in [0.5, 0.6) is 11.5 Å². The van der Waals surface area contributed by atoms with Crippen LogP contribution in [0.25, 0.3) is 0 Å². The van der Waals surface area contributed by atoms with Crippen LogP contribution in [0, 0.1) is 10.1 Å². The second kappa shape index (κ2) is 9.70. The molecule has 7 nitrogen and oxygen atoms in total. The van der Waals surface area contributed by atoms with Crippen molar-refractivity contribution in [2.75, 3.05) is 38.8 Å². The van der Waals surface area contributed by atoms with Gasteiger partial charge in [-0.1, -0.05) is 36.4 Å². The van der Waals surface area contributed by atoms with Crippen LogP contribution in [0.3, 0.4) is 0 Å². The molecule has 1 atom stereocenters. The Bertz CT molecular complexity index is 1060. The summed E-state index contributed by atoms with van der Waals surface area (Å²) in [7, 11) is 3.29. The number of rotatable bonds is 7. The van der Waals surface area contributed by atoms with Crippen molar-refractivity contribution in [2.45, 2.75) is 12.6 Å². The van der Waals surface area contributed by atoms with Gasteiger partial charge in [-0.3, -0.25) is 15.0 Å². The van der Waals surface area contributed by atoms with E-state index in [0.717, 1.165) is 48.9 Å². The highest BCUT2D eigenvalue weighted by atomic mass is 16.6. The lowest BCUT2D eigenvalue weighted by Gasteiger charge is -2.43. The van der Waals surface area contributed by atoms with E-state index in [0.29, 0.717) is 0 Å². The smallest absolute Gasteiger partial charge is 0.269 e. The fraction of sp³-hybridized carbons (Fsp3) is 0.280. The van der Waals surface area contributed by atoms with Gasteiger partial charge in [0.05, 0.1) is 25.2 Å². The standard InChI is InChI=1S/C25H27N3O4/c1-31-24-13-8-19(16-25(24)32-2)17-27-15-14-26(18-23(27)20-6-4-3-5-7-20)21-9-11-22(12-10-21)28(29)30/h3-13,16,23H,14-15,17-18H2,1-2H3. The predicted octanol–water partition coefficient (Wildman–Crippen LogP) is 4.68. The molecule has 1 aliphatic rings. The summed E-state index contributed by atoms with van der Waals surface area (Å²) in [5, 5.41) is 11.0. The van der Waals surface area contributed by atoms with Crippen molar-refractivity contribution in [2.24, 2.45) is 0 Å². The van der Waals surface area contributed by atoms with E-state index in [-0.39, 0.29) is 16.7 Å². The Morgan fingerprint density at radius 3 is 2.31 bits per heavy atom. The van der Waals surface area contributed by atoms with Crippen molar-refractivity contribution >= 4 is 11.4 Å². The van der Waals surface area contributed by atoms with Crippen LogP contribution in [0.2, 0.25) is 0 Å². The lowest BCUT2D eigenvalue weighted by Crippen LogP contribution is -2.48. The van der Waals surface area contributed by atoms with Crippen LogP contribution in [-0.4, -0.2) is 43.7 Å². The number of hydrogen-bond acceptors (Lipinski definition) is 6. The van der Waals surface area contributed by atoms with Crippen molar-refractivity contribution < 1.29 is 14.4 Å². The molecule has 3 aromatic rings. The first-order valence-electron chi connectivity index (χ1n) is 10.6. The van der Waals surface area contributed by atoms with Crippen molar-refractivity contribution in [1.82, 2.24) is 4.90 Å². The third kappa shape index (κ3) is 4.68. The van der Waals surface area contributed by atoms with Crippen LogP contribution >= 0.6 is 0 Å². The van der Waals surface area contributed by atoms with Gasteiger partial charge in [0.2, 0.25) is 0 Å². The van der Waals surface area contributed by atoms with Gasteiger partial charge in [-0.2, -0.15) is 0 Å². The topological polar surface area (TPSA) is 68.1 Å². The molecule has 1 aliphatic heterocycles. The number of methoxy groups -OCH3 is 2. The molecule has 0 saturated carbocycles. The summed E-state index contributed by atoms with van der Waals surface area (Å²) < 4.78 is 10.8. The van der Waals surface area contributed by atoms with Gasteiger partial charge in [-0.05, 0) is 35.4 Å². The van der Waals surface area contributed by atoms with E-state index < -0.39 is 0 Å². The number of ether oxygens (including phenoxy) is 2. The molecule has 1 unspecified atom stereocenters. The van der Waals surface area contributed by atoms with Gasteiger partial charge in [0.25, 0.3) is 5.69 Å². The third-order valence-corrected chi connectivity index (χ3v) is 5.93. The summed E-state index contributed by atoms with van der Waals surface area (Å²) >= 11 is 0. The third-order valence-electron chi connectivity index (χ3n) is 5.93. The van der Waals surface area contributed by atoms with E-state index in [2.05, 4.69) is 40.1 Å². The van der Waals surface area contributed by atoms with Gasteiger partial charge < -0.3 is 14.4 Å². The Morgan fingerprint density at radius 2 is 1.66 bits per heavy atom. The highest BCUT2D eigenvalue weighted by Crippen LogP contribution is 2.33. The van der Waals surface area contributed by atoms with Gasteiger partial charge in [-0.25, -0.2) is 0 Å². The molecule has 0 aromatic heterocycles. The van der Waals surface area contributed by atoms with Gasteiger partial charge in [0.1, 0.15) is 0 Å². The molecule has 0 radical (unpaired) electrons. The van der Waals surface area contributed by atoms with E-state index in [4.69, 9.17) is 9.47 Å². The second-order valence-electron chi connectivity index (χ2n) is 7.81. The number of piperazine rings is 1. The lowest BCUT2D eigenvalue weighted by atomic mass is 10.0. The van der Waals surface area contributed by atoms with Gasteiger partial charge >= 0.3 is 0 Å². The molecule has 0 N–H and O–H groups in total. The van der Waals surface area contributed by atoms with Crippen molar-refractivity contribution in [3.05, 3.63) is 94.0 Å². The first-order chi connectivity index (χ1) is 15.6. The molecule has 0 aliphatic carbocycles. The van der Waals surface area contributed by atoms with Crippen LogP contribution in [0.1, 0.15) is 17.2 Å². The van der Waals surface area contributed by atoms with Crippen molar-refractivity contribution in [3.8, 4) is 11.5 Å². The Hall–Kier alpha value is -3.58. The molecule has 32 heavy (non-hydrogen) atoms. The number of nitrogens with zero attached hydrogens (tertiary/aromatic N) is 3. The highest BCUT2D eigenvalue weighted by molar-refractivity contribution is 5.52. The molecule has 3 aromatic carbocycles. The Balaban J connectivity index is 1.57. The Labute approximate surface area is 187 Å². The number of nitro benzene ring substituents is 1. The van der Waals surface area contributed by atoms with E-state index in [9.17, 15) is 10.1 Å². The number of anilines is 1. The quantitative estimate of drug-likeness (QED) is 0.398. The molecule has 1 fully saturated rings. The molecule has 4 rings (SSSR count). The first kappa shape index (κ1) is 21.6. The maximum Gasteiger partial charge on any atom is 0.269 e. The zero-order valence-corrected chi connectivity index (χ0v) is 18.3. The molecule has 0 bridgehead atoms. The fourth-order valence-corrected chi connectivity index (χ4v) is 4.23. The number of nitro groups is 1. The maximum absolute atomic E-state index is 11.0. The maximum atomic E-state index is 11.0.